The van der Waals surface area contributed by atoms with Gasteiger partial charge >= 0.3 is 0 Å². The number of rotatable bonds is 3. The third-order valence-corrected chi connectivity index (χ3v) is 4.71. The zero-order chi connectivity index (χ0) is 17.4. The van der Waals surface area contributed by atoms with Gasteiger partial charge in [0.1, 0.15) is 0 Å². The summed E-state index contributed by atoms with van der Waals surface area (Å²) >= 11 is 0. The Kier molecular flexibility index (Phi) is 4.39. The van der Waals surface area contributed by atoms with Crippen molar-refractivity contribution >= 4 is 5.91 Å². The van der Waals surface area contributed by atoms with Gasteiger partial charge in [0.25, 0.3) is 5.95 Å². The Bertz CT molecular complexity index is 760. The van der Waals surface area contributed by atoms with Gasteiger partial charge in [0, 0.05) is 35.7 Å². The van der Waals surface area contributed by atoms with Crippen LogP contribution in [0.3, 0.4) is 0 Å². The van der Waals surface area contributed by atoms with Crippen molar-refractivity contribution in [3.8, 4) is 5.95 Å². The molecule has 0 unspecified atom stereocenters. The van der Waals surface area contributed by atoms with Crippen LogP contribution in [0.25, 0.3) is 5.95 Å². The highest BCUT2D eigenvalue weighted by Crippen LogP contribution is 2.20. The smallest absolute Gasteiger partial charge is 0.251 e. The number of carbonyl (C=O) groups excluding carboxylic acids is 1. The van der Waals surface area contributed by atoms with Crippen molar-refractivity contribution in [1.29, 1.82) is 0 Å². The van der Waals surface area contributed by atoms with Crippen molar-refractivity contribution in [3.63, 3.8) is 0 Å². The summed E-state index contributed by atoms with van der Waals surface area (Å²) in [6.45, 7) is 11.8. The number of likely N-dealkylation sites (tertiary alicyclic amines) is 1. The van der Waals surface area contributed by atoms with Crippen molar-refractivity contribution in [2.24, 2.45) is 5.92 Å². The summed E-state index contributed by atoms with van der Waals surface area (Å²) in [5.74, 6) is 1.36. The number of aryl methyl sites for hydroxylation is 3. The van der Waals surface area contributed by atoms with Crippen LogP contribution in [0.15, 0.2) is 6.07 Å². The summed E-state index contributed by atoms with van der Waals surface area (Å²) < 4.78 is 1.75. The predicted molar refractivity (Wildman–Crippen MR) is 92.2 cm³/mol. The fraction of sp³-hybridized carbons (Fsp3) is 0.556. The second kappa shape index (κ2) is 6.34. The van der Waals surface area contributed by atoms with E-state index in [-0.39, 0.29) is 5.91 Å². The molecule has 1 aliphatic rings. The summed E-state index contributed by atoms with van der Waals surface area (Å²) in [5.41, 5.74) is 4.62. The minimum Gasteiger partial charge on any atom is -0.342 e. The summed E-state index contributed by atoms with van der Waals surface area (Å²) in [4.78, 5) is 23.5. The van der Waals surface area contributed by atoms with Crippen LogP contribution < -0.4 is 0 Å². The molecule has 2 aromatic heterocycles. The minimum atomic E-state index is 0.187. The van der Waals surface area contributed by atoms with Gasteiger partial charge in [-0.2, -0.15) is 5.10 Å². The lowest BCUT2D eigenvalue weighted by Crippen LogP contribution is -2.30. The van der Waals surface area contributed by atoms with Crippen LogP contribution in [0.4, 0.5) is 0 Å². The van der Waals surface area contributed by atoms with Crippen LogP contribution in [-0.2, 0) is 11.2 Å². The highest BCUT2D eigenvalue weighted by Gasteiger charge is 2.25. The zero-order valence-corrected chi connectivity index (χ0v) is 15.1. The van der Waals surface area contributed by atoms with Crippen molar-refractivity contribution in [2.45, 2.75) is 47.5 Å². The first kappa shape index (κ1) is 16.6. The topological polar surface area (TPSA) is 63.9 Å². The predicted octanol–water partition coefficient (Wildman–Crippen LogP) is 2.31. The molecule has 0 bridgehead atoms. The number of nitrogens with zero attached hydrogens (tertiary/aromatic N) is 5. The number of carbonyl (C=O) groups is 1. The Balaban J connectivity index is 1.88. The number of hydrogen-bond acceptors (Lipinski definition) is 4. The van der Waals surface area contributed by atoms with Gasteiger partial charge in [0.05, 0.1) is 12.1 Å². The lowest BCUT2D eigenvalue weighted by molar-refractivity contribution is -0.129. The molecule has 1 amide bonds. The molecular formula is C18H25N5O. The van der Waals surface area contributed by atoms with Crippen LogP contribution in [0.5, 0.6) is 0 Å². The molecule has 24 heavy (non-hydrogen) atoms. The average Bonchev–Trinajstić information content (AvgIpc) is 3.05. The summed E-state index contributed by atoms with van der Waals surface area (Å²) in [6, 6.07) is 1.94. The van der Waals surface area contributed by atoms with Crippen LogP contribution in [0, 0.1) is 33.6 Å². The van der Waals surface area contributed by atoms with Crippen molar-refractivity contribution in [2.75, 3.05) is 13.1 Å². The molecule has 1 aliphatic heterocycles. The second-order valence-corrected chi connectivity index (χ2v) is 6.92. The van der Waals surface area contributed by atoms with Gasteiger partial charge in [-0.25, -0.2) is 14.6 Å². The third kappa shape index (κ3) is 3.18. The molecule has 6 nitrogen and oxygen atoms in total. The van der Waals surface area contributed by atoms with E-state index >= 15 is 0 Å². The third-order valence-electron chi connectivity index (χ3n) is 4.71. The van der Waals surface area contributed by atoms with Gasteiger partial charge < -0.3 is 4.90 Å². The summed E-state index contributed by atoms with van der Waals surface area (Å²) in [7, 11) is 0. The highest BCUT2D eigenvalue weighted by atomic mass is 16.2. The maximum Gasteiger partial charge on any atom is 0.251 e. The number of aromatic nitrogens is 4. The Hall–Kier alpha value is -2.24. The van der Waals surface area contributed by atoms with Crippen molar-refractivity contribution in [1.82, 2.24) is 24.6 Å². The molecule has 2 aromatic rings. The number of amides is 1. The van der Waals surface area contributed by atoms with E-state index in [9.17, 15) is 4.79 Å². The lowest BCUT2D eigenvalue weighted by Gasteiger charge is -2.16. The van der Waals surface area contributed by atoms with Crippen LogP contribution in [0.2, 0.25) is 0 Å². The largest absolute Gasteiger partial charge is 0.342 e. The molecule has 0 spiro atoms. The fourth-order valence-corrected chi connectivity index (χ4v) is 3.35. The molecule has 128 valence electrons. The Morgan fingerprint density at radius 2 is 1.88 bits per heavy atom. The average molecular weight is 327 g/mol. The van der Waals surface area contributed by atoms with E-state index in [0.717, 1.165) is 47.8 Å². The van der Waals surface area contributed by atoms with Crippen LogP contribution in [-0.4, -0.2) is 43.6 Å². The molecule has 0 saturated carbocycles. The minimum absolute atomic E-state index is 0.187. The lowest BCUT2D eigenvalue weighted by atomic mass is 10.1. The van der Waals surface area contributed by atoms with Gasteiger partial charge in [-0.15, -0.1) is 0 Å². The van der Waals surface area contributed by atoms with E-state index in [1.807, 2.05) is 38.7 Å². The molecule has 0 radical (unpaired) electrons. The van der Waals surface area contributed by atoms with E-state index in [2.05, 4.69) is 22.0 Å². The van der Waals surface area contributed by atoms with E-state index in [1.165, 1.54) is 0 Å². The van der Waals surface area contributed by atoms with Gasteiger partial charge in [-0.05, 0) is 46.1 Å². The molecule has 0 aliphatic carbocycles. The highest BCUT2D eigenvalue weighted by molar-refractivity contribution is 5.79. The standard InChI is InChI=1S/C18H25N5O/c1-11-6-7-22(10-11)17(24)9-16-14(4)21-23(15(16)5)18-19-12(2)8-13(3)20-18/h8,11H,6-7,9-10H2,1-5H3/t11-/m0/s1. The van der Waals surface area contributed by atoms with Crippen molar-refractivity contribution in [3.05, 3.63) is 34.4 Å². The van der Waals surface area contributed by atoms with Crippen molar-refractivity contribution < 1.29 is 4.79 Å². The zero-order valence-electron chi connectivity index (χ0n) is 15.1. The number of hydrogen-bond donors (Lipinski definition) is 0. The maximum atomic E-state index is 12.6. The van der Waals surface area contributed by atoms with Gasteiger partial charge in [-0.3, -0.25) is 4.79 Å². The van der Waals surface area contributed by atoms with E-state index in [1.54, 1.807) is 4.68 Å². The Labute approximate surface area is 142 Å². The van der Waals surface area contributed by atoms with E-state index in [0.29, 0.717) is 18.3 Å². The van der Waals surface area contributed by atoms with Crippen LogP contribution in [0.1, 0.15) is 41.7 Å². The van der Waals surface area contributed by atoms with E-state index < -0.39 is 0 Å². The Morgan fingerprint density at radius 3 is 2.46 bits per heavy atom. The fourth-order valence-electron chi connectivity index (χ4n) is 3.35. The monoisotopic (exact) mass is 327 g/mol. The normalized spacial score (nSPS) is 17.5. The van der Waals surface area contributed by atoms with E-state index in [4.69, 9.17) is 0 Å². The molecule has 1 atom stereocenters. The SMILES string of the molecule is Cc1cc(C)nc(-n2nc(C)c(CC(=O)N3CC[C@H](C)C3)c2C)n1. The second-order valence-electron chi connectivity index (χ2n) is 6.92. The molecule has 0 aromatic carbocycles. The molecular weight excluding hydrogens is 302 g/mol. The maximum absolute atomic E-state index is 12.6. The molecule has 0 N–H and O–H groups in total. The quantitative estimate of drug-likeness (QED) is 0.868. The molecule has 1 fully saturated rings. The van der Waals surface area contributed by atoms with Gasteiger partial charge in [0.2, 0.25) is 5.91 Å². The van der Waals surface area contributed by atoms with Gasteiger partial charge in [0.15, 0.2) is 0 Å². The summed E-state index contributed by atoms with van der Waals surface area (Å²) in [5, 5.41) is 4.58. The molecule has 3 rings (SSSR count). The molecule has 1 saturated heterocycles. The Morgan fingerprint density at radius 1 is 1.21 bits per heavy atom. The first-order chi connectivity index (χ1) is 11.3. The molecule has 3 heterocycles. The first-order valence-corrected chi connectivity index (χ1v) is 8.50. The first-order valence-electron chi connectivity index (χ1n) is 8.50. The van der Waals surface area contributed by atoms with Gasteiger partial charge in [-0.1, -0.05) is 6.92 Å². The molecule has 6 heteroatoms. The summed E-state index contributed by atoms with van der Waals surface area (Å²) in [6.07, 6.45) is 1.49. The van der Waals surface area contributed by atoms with Crippen LogP contribution >= 0.6 is 0 Å².